The molecule has 0 aromatic rings. The van der Waals surface area contributed by atoms with Crippen molar-refractivity contribution in [3.63, 3.8) is 0 Å². The van der Waals surface area contributed by atoms with Crippen LogP contribution in [0.25, 0.3) is 0 Å². The zero-order valence-electron chi connectivity index (χ0n) is 11.3. The molecule has 0 radical (unpaired) electrons. The third-order valence-corrected chi connectivity index (χ3v) is 3.97. The predicted molar refractivity (Wildman–Crippen MR) is 66.3 cm³/mol. The summed E-state index contributed by atoms with van der Waals surface area (Å²) in [6.45, 7) is 8.16. The lowest BCUT2D eigenvalue weighted by Crippen LogP contribution is -2.37. The number of hydrogen-bond donors (Lipinski definition) is 0. The van der Waals surface area contributed by atoms with Crippen LogP contribution in [0.4, 0.5) is 0 Å². The molecule has 0 N–H and O–H groups in total. The molecule has 0 heterocycles. The molecule has 1 aliphatic rings. The summed E-state index contributed by atoms with van der Waals surface area (Å²) >= 11 is 0. The fraction of sp³-hybridized carbons (Fsp3) is 0.929. The fourth-order valence-electron chi connectivity index (χ4n) is 2.36. The summed E-state index contributed by atoms with van der Waals surface area (Å²) in [6.07, 6.45) is 7.50. The van der Waals surface area contributed by atoms with Crippen LogP contribution in [-0.2, 0) is 9.53 Å². The van der Waals surface area contributed by atoms with Crippen molar-refractivity contribution in [1.82, 2.24) is 0 Å². The molecule has 0 saturated heterocycles. The Morgan fingerprint density at radius 2 is 1.81 bits per heavy atom. The molecule has 0 aromatic carbocycles. The van der Waals surface area contributed by atoms with Gasteiger partial charge >= 0.3 is 5.97 Å². The van der Waals surface area contributed by atoms with Gasteiger partial charge in [-0.05, 0) is 52.4 Å². The van der Waals surface area contributed by atoms with E-state index in [-0.39, 0.29) is 17.0 Å². The standard InChI is InChI=1S/C14H26O2/c1-5-9-14(10-7-8-11-14)16-12(15)13(3,4)6-2/h5-11H2,1-4H3. The number of carbonyl (C=O) groups excluding carboxylic acids is 1. The first kappa shape index (κ1) is 13.5. The second-order valence-electron chi connectivity index (χ2n) is 5.77. The van der Waals surface area contributed by atoms with Crippen LogP contribution in [0.3, 0.4) is 0 Å². The van der Waals surface area contributed by atoms with Crippen LogP contribution in [0.5, 0.6) is 0 Å². The Hall–Kier alpha value is -0.530. The van der Waals surface area contributed by atoms with Gasteiger partial charge in [0.1, 0.15) is 5.60 Å². The molecule has 1 saturated carbocycles. The van der Waals surface area contributed by atoms with Crippen molar-refractivity contribution in [1.29, 1.82) is 0 Å². The van der Waals surface area contributed by atoms with E-state index in [1.807, 2.05) is 20.8 Å². The molecular formula is C14H26O2. The van der Waals surface area contributed by atoms with Gasteiger partial charge in [0.2, 0.25) is 0 Å². The van der Waals surface area contributed by atoms with Crippen LogP contribution in [-0.4, -0.2) is 11.6 Å². The van der Waals surface area contributed by atoms with Crippen LogP contribution in [0.15, 0.2) is 0 Å². The number of esters is 1. The highest BCUT2D eigenvalue weighted by Gasteiger charge is 2.40. The lowest BCUT2D eigenvalue weighted by Gasteiger charge is -2.33. The predicted octanol–water partition coefficient (Wildman–Crippen LogP) is 4.08. The van der Waals surface area contributed by atoms with Crippen LogP contribution in [0.2, 0.25) is 0 Å². The van der Waals surface area contributed by atoms with Gasteiger partial charge in [-0.25, -0.2) is 0 Å². The zero-order chi connectivity index (χ0) is 12.2. The summed E-state index contributed by atoms with van der Waals surface area (Å²) in [7, 11) is 0. The maximum atomic E-state index is 12.1. The van der Waals surface area contributed by atoms with Crippen LogP contribution >= 0.6 is 0 Å². The number of carbonyl (C=O) groups is 1. The molecule has 0 unspecified atom stereocenters. The van der Waals surface area contributed by atoms with Gasteiger partial charge in [0, 0.05) is 0 Å². The van der Waals surface area contributed by atoms with Crippen molar-refractivity contribution in [2.45, 2.75) is 78.2 Å². The Labute approximate surface area is 99.8 Å². The van der Waals surface area contributed by atoms with Gasteiger partial charge in [0.15, 0.2) is 0 Å². The van der Waals surface area contributed by atoms with E-state index in [1.165, 1.54) is 12.8 Å². The third kappa shape index (κ3) is 2.99. The van der Waals surface area contributed by atoms with Gasteiger partial charge in [-0.15, -0.1) is 0 Å². The Balaban J connectivity index is 2.65. The van der Waals surface area contributed by atoms with E-state index >= 15 is 0 Å². The minimum absolute atomic E-state index is 0.00894. The summed E-state index contributed by atoms with van der Waals surface area (Å²) in [5.41, 5.74) is -0.457. The van der Waals surface area contributed by atoms with Crippen LogP contribution in [0.1, 0.15) is 72.6 Å². The van der Waals surface area contributed by atoms with E-state index in [9.17, 15) is 4.79 Å². The lowest BCUT2D eigenvalue weighted by atomic mass is 9.89. The number of rotatable bonds is 5. The Kier molecular flexibility index (Phi) is 4.40. The maximum absolute atomic E-state index is 12.1. The van der Waals surface area contributed by atoms with Gasteiger partial charge in [0.25, 0.3) is 0 Å². The Bertz CT molecular complexity index is 237. The average Bonchev–Trinajstić information content (AvgIpc) is 2.67. The Morgan fingerprint density at radius 1 is 1.25 bits per heavy atom. The summed E-state index contributed by atoms with van der Waals surface area (Å²) in [6, 6.07) is 0. The summed E-state index contributed by atoms with van der Waals surface area (Å²) in [4.78, 5) is 12.1. The molecule has 0 aromatic heterocycles. The Morgan fingerprint density at radius 3 is 2.25 bits per heavy atom. The molecule has 2 heteroatoms. The SMILES string of the molecule is CCCC1(OC(=O)C(C)(C)CC)CCCC1. The van der Waals surface area contributed by atoms with Crippen molar-refractivity contribution in [2.75, 3.05) is 0 Å². The monoisotopic (exact) mass is 226 g/mol. The average molecular weight is 226 g/mol. The van der Waals surface area contributed by atoms with E-state index in [4.69, 9.17) is 4.74 Å². The maximum Gasteiger partial charge on any atom is 0.312 e. The van der Waals surface area contributed by atoms with E-state index < -0.39 is 0 Å². The normalized spacial score (nSPS) is 19.8. The number of ether oxygens (including phenoxy) is 1. The first-order chi connectivity index (χ1) is 7.46. The first-order valence-electron chi connectivity index (χ1n) is 6.69. The minimum atomic E-state index is -0.330. The van der Waals surface area contributed by atoms with Crippen LogP contribution in [0, 0.1) is 5.41 Å². The van der Waals surface area contributed by atoms with E-state index in [2.05, 4.69) is 6.92 Å². The molecule has 0 atom stereocenters. The van der Waals surface area contributed by atoms with Crippen molar-refractivity contribution in [2.24, 2.45) is 5.41 Å². The molecule has 0 bridgehead atoms. The number of hydrogen-bond acceptors (Lipinski definition) is 2. The van der Waals surface area contributed by atoms with E-state index in [0.717, 1.165) is 32.1 Å². The molecule has 1 aliphatic carbocycles. The molecule has 0 amide bonds. The molecule has 2 nitrogen and oxygen atoms in total. The van der Waals surface area contributed by atoms with Crippen molar-refractivity contribution >= 4 is 5.97 Å². The third-order valence-electron chi connectivity index (χ3n) is 3.97. The largest absolute Gasteiger partial charge is 0.459 e. The second kappa shape index (κ2) is 5.20. The topological polar surface area (TPSA) is 26.3 Å². The summed E-state index contributed by atoms with van der Waals surface area (Å²) < 4.78 is 5.86. The van der Waals surface area contributed by atoms with Crippen molar-refractivity contribution < 1.29 is 9.53 Å². The highest BCUT2D eigenvalue weighted by Crippen LogP contribution is 2.39. The van der Waals surface area contributed by atoms with Gasteiger partial charge < -0.3 is 4.74 Å². The molecule has 0 spiro atoms. The highest BCUT2D eigenvalue weighted by molar-refractivity contribution is 5.76. The van der Waals surface area contributed by atoms with Crippen molar-refractivity contribution in [3.05, 3.63) is 0 Å². The molecule has 94 valence electrons. The molecule has 0 aliphatic heterocycles. The van der Waals surface area contributed by atoms with E-state index in [0.29, 0.717) is 0 Å². The second-order valence-corrected chi connectivity index (χ2v) is 5.77. The van der Waals surface area contributed by atoms with Gasteiger partial charge in [-0.2, -0.15) is 0 Å². The minimum Gasteiger partial charge on any atom is -0.459 e. The molecule has 1 rings (SSSR count). The van der Waals surface area contributed by atoms with Gasteiger partial charge in [-0.3, -0.25) is 4.79 Å². The van der Waals surface area contributed by atoms with Crippen molar-refractivity contribution in [3.8, 4) is 0 Å². The van der Waals surface area contributed by atoms with E-state index in [1.54, 1.807) is 0 Å². The molecule has 16 heavy (non-hydrogen) atoms. The first-order valence-corrected chi connectivity index (χ1v) is 6.69. The molecular weight excluding hydrogens is 200 g/mol. The molecule has 1 fully saturated rings. The lowest BCUT2D eigenvalue weighted by molar-refractivity contribution is -0.171. The summed E-state index contributed by atoms with van der Waals surface area (Å²) in [5.74, 6) is -0.00894. The quantitative estimate of drug-likeness (QED) is 0.660. The smallest absolute Gasteiger partial charge is 0.312 e. The van der Waals surface area contributed by atoms with Crippen LogP contribution < -0.4 is 0 Å². The fourth-order valence-corrected chi connectivity index (χ4v) is 2.36. The van der Waals surface area contributed by atoms with Gasteiger partial charge in [0.05, 0.1) is 5.41 Å². The summed E-state index contributed by atoms with van der Waals surface area (Å²) in [5, 5.41) is 0. The highest BCUT2D eigenvalue weighted by atomic mass is 16.6. The van der Waals surface area contributed by atoms with Gasteiger partial charge in [-0.1, -0.05) is 20.3 Å². The zero-order valence-corrected chi connectivity index (χ0v) is 11.3.